The van der Waals surface area contributed by atoms with E-state index < -0.39 is 0 Å². The Morgan fingerprint density at radius 2 is 2.38 bits per heavy atom. The topological polar surface area (TPSA) is 119 Å². The van der Waals surface area contributed by atoms with E-state index in [0.29, 0.717) is 22.2 Å². The number of thioether (sulfide) groups is 1. The van der Waals surface area contributed by atoms with Gasteiger partial charge in [0.05, 0.1) is 12.7 Å². The Balaban J connectivity index is 2.21. The van der Waals surface area contributed by atoms with Gasteiger partial charge in [-0.05, 0) is 17.7 Å². The number of H-pyrrole nitrogens is 1. The smallest absolute Gasteiger partial charge is 0.343 e. The SMILES string of the molecule is COc1ccc(CSc2n[nH]c(=O)n2C)cc1C(N)=NO. The van der Waals surface area contributed by atoms with Gasteiger partial charge in [-0.15, -0.1) is 5.10 Å². The highest BCUT2D eigenvalue weighted by molar-refractivity contribution is 7.98. The van der Waals surface area contributed by atoms with Gasteiger partial charge in [-0.3, -0.25) is 4.57 Å². The Labute approximate surface area is 124 Å². The molecule has 2 aromatic rings. The van der Waals surface area contributed by atoms with E-state index in [2.05, 4.69) is 15.4 Å². The van der Waals surface area contributed by atoms with E-state index in [9.17, 15) is 4.79 Å². The molecule has 0 radical (unpaired) electrons. The number of amidine groups is 1. The molecule has 1 heterocycles. The lowest BCUT2D eigenvalue weighted by atomic mass is 10.1. The van der Waals surface area contributed by atoms with Gasteiger partial charge in [0.1, 0.15) is 5.75 Å². The summed E-state index contributed by atoms with van der Waals surface area (Å²) in [5, 5.41) is 18.7. The van der Waals surface area contributed by atoms with Crippen LogP contribution >= 0.6 is 11.8 Å². The van der Waals surface area contributed by atoms with Crippen molar-refractivity contribution in [2.24, 2.45) is 17.9 Å². The van der Waals surface area contributed by atoms with E-state index in [1.807, 2.05) is 6.07 Å². The molecule has 0 saturated heterocycles. The normalized spacial score (nSPS) is 11.6. The van der Waals surface area contributed by atoms with Crippen molar-refractivity contribution >= 4 is 17.6 Å². The van der Waals surface area contributed by atoms with Crippen molar-refractivity contribution in [3.8, 4) is 5.75 Å². The third kappa shape index (κ3) is 3.19. The standard InChI is InChI=1S/C12H15N5O3S/c1-17-11(18)14-15-12(17)21-6-7-3-4-9(20-2)8(5-7)10(13)16-19/h3-5,19H,6H2,1-2H3,(H2,13,16)(H,14,18). The molecule has 0 unspecified atom stereocenters. The lowest BCUT2D eigenvalue weighted by Crippen LogP contribution is -2.14. The van der Waals surface area contributed by atoms with Crippen LogP contribution in [0.3, 0.4) is 0 Å². The van der Waals surface area contributed by atoms with Gasteiger partial charge in [-0.2, -0.15) is 0 Å². The molecular formula is C12H15N5O3S. The summed E-state index contributed by atoms with van der Waals surface area (Å²) >= 11 is 1.40. The van der Waals surface area contributed by atoms with Crippen LogP contribution in [0.4, 0.5) is 0 Å². The van der Waals surface area contributed by atoms with Crippen molar-refractivity contribution in [2.45, 2.75) is 10.9 Å². The van der Waals surface area contributed by atoms with E-state index in [0.717, 1.165) is 5.56 Å². The molecule has 1 aromatic carbocycles. The van der Waals surface area contributed by atoms with Crippen LogP contribution in [0.1, 0.15) is 11.1 Å². The molecule has 21 heavy (non-hydrogen) atoms. The van der Waals surface area contributed by atoms with E-state index in [1.54, 1.807) is 19.2 Å². The molecule has 9 heteroatoms. The summed E-state index contributed by atoms with van der Waals surface area (Å²) in [5.74, 6) is 1.07. The Kier molecular flexibility index (Phi) is 4.53. The molecule has 0 saturated carbocycles. The molecule has 0 fully saturated rings. The number of benzene rings is 1. The lowest BCUT2D eigenvalue weighted by Gasteiger charge is -2.09. The first kappa shape index (κ1) is 15.0. The highest BCUT2D eigenvalue weighted by Crippen LogP contribution is 2.24. The van der Waals surface area contributed by atoms with Gasteiger partial charge < -0.3 is 15.7 Å². The molecule has 2 rings (SSSR count). The number of ether oxygens (including phenoxy) is 1. The summed E-state index contributed by atoms with van der Waals surface area (Å²) < 4.78 is 6.60. The second-order valence-corrected chi connectivity index (χ2v) is 5.12. The van der Waals surface area contributed by atoms with Crippen LogP contribution in [0.15, 0.2) is 33.3 Å². The summed E-state index contributed by atoms with van der Waals surface area (Å²) in [4.78, 5) is 11.3. The first-order chi connectivity index (χ1) is 10.1. The van der Waals surface area contributed by atoms with Gasteiger partial charge in [0, 0.05) is 12.8 Å². The van der Waals surface area contributed by atoms with Gasteiger partial charge in [0.25, 0.3) is 0 Å². The summed E-state index contributed by atoms with van der Waals surface area (Å²) in [6.45, 7) is 0. The van der Waals surface area contributed by atoms with E-state index >= 15 is 0 Å². The minimum absolute atomic E-state index is 0.0223. The predicted molar refractivity (Wildman–Crippen MR) is 78.9 cm³/mol. The van der Waals surface area contributed by atoms with Crippen LogP contribution in [0.25, 0.3) is 0 Å². The molecular weight excluding hydrogens is 294 g/mol. The first-order valence-electron chi connectivity index (χ1n) is 5.95. The lowest BCUT2D eigenvalue weighted by molar-refractivity contribution is 0.318. The molecule has 8 nitrogen and oxygen atoms in total. The number of nitrogens with two attached hydrogens (primary N) is 1. The number of hydrogen-bond donors (Lipinski definition) is 3. The van der Waals surface area contributed by atoms with E-state index in [1.165, 1.54) is 23.4 Å². The number of hydrogen-bond acceptors (Lipinski definition) is 6. The minimum Gasteiger partial charge on any atom is -0.496 e. The van der Waals surface area contributed by atoms with Crippen molar-refractivity contribution in [2.75, 3.05) is 7.11 Å². The summed E-state index contributed by atoms with van der Waals surface area (Å²) in [5.41, 5.74) is 6.80. The highest BCUT2D eigenvalue weighted by Gasteiger charge is 2.10. The van der Waals surface area contributed by atoms with Crippen LogP contribution in [0, 0.1) is 0 Å². The number of aromatic nitrogens is 3. The average molecular weight is 309 g/mol. The molecule has 0 aliphatic rings. The van der Waals surface area contributed by atoms with E-state index in [4.69, 9.17) is 15.7 Å². The fourth-order valence-electron chi connectivity index (χ4n) is 1.71. The first-order valence-corrected chi connectivity index (χ1v) is 6.94. The van der Waals surface area contributed by atoms with Crippen molar-refractivity contribution in [3.05, 3.63) is 39.8 Å². The maximum Gasteiger partial charge on any atom is 0.343 e. The van der Waals surface area contributed by atoms with Crippen LogP contribution in [0.5, 0.6) is 5.75 Å². The van der Waals surface area contributed by atoms with Gasteiger partial charge >= 0.3 is 5.69 Å². The maximum atomic E-state index is 11.3. The molecule has 0 aliphatic heterocycles. The molecule has 0 aliphatic carbocycles. The van der Waals surface area contributed by atoms with Crippen molar-refractivity contribution in [1.29, 1.82) is 0 Å². The average Bonchev–Trinajstić information content (AvgIpc) is 2.83. The minimum atomic E-state index is -0.260. The molecule has 4 N–H and O–H groups in total. The molecule has 112 valence electrons. The predicted octanol–water partition coefficient (Wildman–Crippen LogP) is 0.504. The number of nitrogens with one attached hydrogen (secondary N) is 1. The zero-order chi connectivity index (χ0) is 15.4. The largest absolute Gasteiger partial charge is 0.496 e. The zero-order valence-electron chi connectivity index (χ0n) is 11.5. The fraction of sp³-hybridized carbons (Fsp3) is 0.250. The molecule has 0 spiro atoms. The van der Waals surface area contributed by atoms with Crippen LogP contribution in [0.2, 0.25) is 0 Å². The Morgan fingerprint density at radius 1 is 1.62 bits per heavy atom. The number of aromatic amines is 1. The quantitative estimate of drug-likeness (QED) is 0.243. The second-order valence-electron chi connectivity index (χ2n) is 4.18. The number of oxime groups is 1. The third-order valence-corrected chi connectivity index (χ3v) is 3.96. The number of rotatable bonds is 5. The zero-order valence-corrected chi connectivity index (χ0v) is 12.3. The maximum absolute atomic E-state index is 11.3. The Morgan fingerprint density at radius 3 is 2.95 bits per heavy atom. The van der Waals surface area contributed by atoms with Crippen LogP contribution in [-0.4, -0.2) is 32.9 Å². The Bertz CT molecular complexity index is 722. The number of nitrogens with zero attached hydrogens (tertiary/aromatic N) is 3. The Hall–Kier alpha value is -2.42. The number of methoxy groups -OCH3 is 1. The van der Waals surface area contributed by atoms with Crippen LogP contribution < -0.4 is 16.2 Å². The summed E-state index contributed by atoms with van der Waals surface area (Å²) in [7, 11) is 3.15. The van der Waals surface area contributed by atoms with Gasteiger partial charge in [-0.1, -0.05) is 23.0 Å². The summed E-state index contributed by atoms with van der Waals surface area (Å²) in [6.07, 6.45) is 0. The molecule has 0 amide bonds. The van der Waals surface area contributed by atoms with Gasteiger partial charge in [0.2, 0.25) is 0 Å². The fourth-order valence-corrected chi connectivity index (χ4v) is 2.57. The van der Waals surface area contributed by atoms with Gasteiger partial charge in [0.15, 0.2) is 11.0 Å². The summed E-state index contributed by atoms with van der Waals surface area (Å²) in [6, 6.07) is 5.38. The second kappa shape index (κ2) is 6.35. The van der Waals surface area contributed by atoms with Crippen molar-refractivity contribution < 1.29 is 9.94 Å². The monoisotopic (exact) mass is 309 g/mol. The molecule has 0 bridgehead atoms. The molecule has 0 atom stereocenters. The van der Waals surface area contributed by atoms with E-state index in [-0.39, 0.29) is 11.5 Å². The van der Waals surface area contributed by atoms with Crippen molar-refractivity contribution in [1.82, 2.24) is 14.8 Å². The third-order valence-electron chi connectivity index (χ3n) is 2.85. The van der Waals surface area contributed by atoms with Gasteiger partial charge in [-0.25, -0.2) is 9.89 Å². The van der Waals surface area contributed by atoms with Crippen LogP contribution in [-0.2, 0) is 12.8 Å². The highest BCUT2D eigenvalue weighted by atomic mass is 32.2. The molecule has 1 aromatic heterocycles. The van der Waals surface area contributed by atoms with Crippen molar-refractivity contribution in [3.63, 3.8) is 0 Å².